The van der Waals surface area contributed by atoms with E-state index in [2.05, 4.69) is 10.4 Å². The number of anilines is 2. The van der Waals surface area contributed by atoms with E-state index in [0.717, 1.165) is 5.56 Å². The summed E-state index contributed by atoms with van der Waals surface area (Å²) in [4.78, 5) is 51.5. The molecule has 0 saturated heterocycles. The Morgan fingerprint density at radius 3 is 2.62 bits per heavy atom. The summed E-state index contributed by atoms with van der Waals surface area (Å²) in [6.07, 6.45) is 1.57. The fraction of sp³-hybridized carbons (Fsp3) is 0.350. The molecule has 1 aromatic heterocycles. The summed E-state index contributed by atoms with van der Waals surface area (Å²) >= 11 is 0. The molecule has 2 heterocycles. The lowest BCUT2D eigenvalue weighted by Gasteiger charge is -2.27. The highest BCUT2D eigenvalue weighted by atomic mass is 16.5. The van der Waals surface area contributed by atoms with Gasteiger partial charge in [-0.05, 0) is 31.9 Å². The average molecular weight is 398 g/mol. The lowest BCUT2D eigenvalue weighted by atomic mass is 10.1. The normalized spacial score (nSPS) is 14.0. The van der Waals surface area contributed by atoms with Crippen LogP contribution in [0.1, 0.15) is 46.5 Å². The number of para-hydroxylation sites is 1. The fourth-order valence-corrected chi connectivity index (χ4v) is 3.41. The predicted octanol–water partition coefficient (Wildman–Crippen LogP) is 1.85. The number of carbonyl (C=O) groups excluding carboxylic acids is 4. The van der Waals surface area contributed by atoms with Gasteiger partial charge in [0.2, 0.25) is 5.91 Å². The van der Waals surface area contributed by atoms with E-state index in [1.807, 2.05) is 0 Å². The Morgan fingerprint density at radius 2 is 1.97 bits per heavy atom. The van der Waals surface area contributed by atoms with E-state index in [1.54, 1.807) is 46.0 Å². The van der Waals surface area contributed by atoms with Gasteiger partial charge in [-0.15, -0.1) is 0 Å². The van der Waals surface area contributed by atoms with Crippen molar-refractivity contribution in [1.82, 2.24) is 9.78 Å². The van der Waals surface area contributed by atoms with Gasteiger partial charge in [0.1, 0.15) is 17.4 Å². The second kappa shape index (κ2) is 7.86. The first-order chi connectivity index (χ1) is 13.8. The van der Waals surface area contributed by atoms with E-state index in [9.17, 15) is 19.2 Å². The Hall–Kier alpha value is -3.49. The van der Waals surface area contributed by atoms with E-state index in [-0.39, 0.29) is 30.0 Å². The van der Waals surface area contributed by atoms with Crippen molar-refractivity contribution in [1.29, 1.82) is 0 Å². The van der Waals surface area contributed by atoms with Crippen LogP contribution in [0.4, 0.5) is 11.5 Å². The Morgan fingerprint density at radius 1 is 1.24 bits per heavy atom. The number of amides is 2. The molecule has 0 radical (unpaired) electrons. The molecule has 29 heavy (non-hydrogen) atoms. The smallest absolute Gasteiger partial charge is 0.343 e. The maximum atomic E-state index is 13.1. The minimum atomic E-state index is -0.932. The molecule has 2 amide bonds. The monoisotopic (exact) mass is 398 g/mol. The van der Waals surface area contributed by atoms with E-state index in [1.165, 1.54) is 15.8 Å². The third-order valence-electron chi connectivity index (χ3n) is 4.81. The fourth-order valence-electron chi connectivity index (χ4n) is 3.41. The van der Waals surface area contributed by atoms with Crippen molar-refractivity contribution < 1.29 is 23.9 Å². The average Bonchev–Trinajstić information content (AvgIpc) is 3.17. The van der Waals surface area contributed by atoms with Crippen molar-refractivity contribution in [3.63, 3.8) is 0 Å². The number of hydrogen-bond acceptors (Lipinski definition) is 6. The van der Waals surface area contributed by atoms with Crippen LogP contribution < -0.4 is 10.2 Å². The zero-order valence-corrected chi connectivity index (χ0v) is 16.7. The van der Waals surface area contributed by atoms with Gasteiger partial charge >= 0.3 is 5.97 Å². The number of rotatable bonds is 6. The van der Waals surface area contributed by atoms with Crippen LogP contribution >= 0.6 is 0 Å². The topological polar surface area (TPSA) is 111 Å². The van der Waals surface area contributed by atoms with Gasteiger partial charge in [-0.25, -0.2) is 4.79 Å². The SMILES string of the molecule is CCOC(=O)c1cnn(C)c1NC(=O)C(CC)N1C(=O)C(=O)c2cccc(C)c21. The second-order valence-electron chi connectivity index (χ2n) is 6.64. The van der Waals surface area contributed by atoms with Gasteiger partial charge in [-0.3, -0.25) is 24.0 Å². The molecule has 0 spiro atoms. The molecule has 9 nitrogen and oxygen atoms in total. The van der Waals surface area contributed by atoms with Crippen LogP contribution in [0, 0.1) is 6.92 Å². The van der Waals surface area contributed by atoms with Crippen LogP contribution in [0.3, 0.4) is 0 Å². The summed E-state index contributed by atoms with van der Waals surface area (Å²) in [5, 5.41) is 6.67. The number of esters is 1. The van der Waals surface area contributed by atoms with Crippen molar-refractivity contribution in [3.05, 3.63) is 41.1 Å². The van der Waals surface area contributed by atoms with Crippen LogP contribution in [0.5, 0.6) is 0 Å². The molecule has 152 valence electrons. The molecule has 2 aromatic rings. The van der Waals surface area contributed by atoms with Gasteiger partial charge in [0.25, 0.3) is 11.7 Å². The highest BCUT2D eigenvalue weighted by Crippen LogP contribution is 2.34. The zero-order chi connectivity index (χ0) is 21.3. The molecular weight excluding hydrogens is 376 g/mol. The molecule has 1 unspecified atom stereocenters. The van der Waals surface area contributed by atoms with E-state index >= 15 is 0 Å². The van der Waals surface area contributed by atoms with Crippen LogP contribution in [0.25, 0.3) is 0 Å². The number of ether oxygens (including phenoxy) is 1. The standard InChI is InChI=1S/C20H22N4O5/c1-5-14(24-15-11(3)8-7-9-12(15)16(25)19(24)27)18(26)22-17-13(10-21-23(17)4)20(28)29-6-2/h7-10,14H,5-6H2,1-4H3,(H,22,26). The number of aryl methyl sites for hydroxylation is 2. The number of nitrogens with one attached hydrogen (secondary N) is 1. The first-order valence-electron chi connectivity index (χ1n) is 9.29. The Labute approximate surface area is 167 Å². The van der Waals surface area contributed by atoms with E-state index < -0.39 is 29.6 Å². The first kappa shape index (κ1) is 20.2. The lowest BCUT2D eigenvalue weighted by molar-refractivity contribution is -0.121. The largest absolute Gasteiger partial charge is 0.462 e. The van der Waals surface area contributed by atoms with Crippen LogP contribution in [-0.4, -0.2) is 46.0 Å². The number of benzene rings is 1. The molecule has 0 saturated carbocycles. The third-order valence-corrected chi connectivity index (χ3v) is 4.81. The summed E-state index contributed by atoms with van der Waals surface area (Å²) in [6, 6.07) is 4.12. The van der Waals surface area contributed by atoms with Crippen molar-refractivity contribution in [2.75, 3.05) is 16.8 Å². The second-order valence-corrected chi connectivity index (χ2v) is 6.64. The van der Waals surface area contributed by atoms with Crippen molar-refractivity contribution >= 4 is 35.1 Å². The maximum absolute atomic E-state index is 13.1. The summed E-state index contributed by atoms with van der Waals surface area (Å²) in [5.41, 5.74) is 1.56. The van der Waals surface area contributed by atoms with Crippen LogP contribution in [-0.2, 0) is 21.4 Å². The molecule has 1 N–H and O–H groups in total. The van der Waals surface area contributed by atoms with Crippen LogP contribution in [0.2, 0.25) is 0 Å². The van der Waals surface area contributed by atoms with Gasteiger partial charge in [0, 0.05) is 7.05 Å². The van der Waals surface area contributed by atoms with Crippen molar-refractivity contribution in [3.8, 4) is 0 Å². The highest BCUT2D eigenvalue weighted by molar-refractivity contribution is 6.53. The molecule has 1 atom stereocenters. The molecular formula is C20H22N4O5. The summed E-state index contributed by atoms with van der Waals surface area (Å²) in [5.74, 6) is -2.36. The highest BCUT2D eigenvalue weighted by Gasteiger charge is 2.42. The quantitative estimate of drug-likeness (QED) is 0.587. The minimum absolute atomic E-state index is 0.109. The molecule has 3 rings (SSSR count). The summed E-state index contributed by atoms with van der Waals surface area (Å²) in [6.45, 7) is 5.38. The Balaban J connectivity index is 1.94. The Bertz CT molecular complexity index is 1010. The van der Waals surface area contributed by atoms with Gasteiger partial charge < -0.3 is 10.1 Å². The third kappa shape index (κ3) is 3.39. The number of hydrogen-bond donors (Lipinski definition) is 1. The molecule has 9 heteroatoms. The molecule has 1 aliphatic heterocycles. The van der Waals surface area contributed by atoms with Crippen molar-refractivity contribution in [2.24, 2.45) is 7.05 Å². The van der Waals surface area contributed by atoms with Gasteiger partial charge in [0.05, 0.1) is 24.1 Å². The molecule has 1 aromatic carbocycles. The molecule has 0 fully saturated rings. The maximum Gasteiger partial charge on any atom is 0.343 e. The molecule has 0 aliphatic carbocycles. The Kier molecular flexibility index (Phi) is 5.49. The van der Waals surface area contributed by atoms with Gasteiger partial charge in [-0.2, -0.15) is 5.10 Å². The predicted molar refractivity (Wildman–Crippen MR) is 105 cm³/mol. The molecule has 1 aliphatic rings. The summed E-state index contributed by atoms with van der Waals surface area (Å²) < 4.78 is 6.33. The molecule has 0 bridgehead atoms. The zero-order valence-electron chi connectivity index (χ0n) is 16.7. The number of Topliss-reactive ketones (excluding diaryl/α,β-unsaturated/α-hetero) is 1. The number of carbonyl (C=O) groups is 4. The van der Waals surface area contributed by atoms with E-state index in [4.69, 9.17) is 4.74 Å². The minimum Gasteiger partial charge on any atom is -0.462 e. The van der Waals surface area contributed by atoms with Gasteiger partial charge in [-0.1, -0.05) is 19.1 Å². The number of nitrogens with zero attached hydrogens (tertiary/aromatic N) is 3. The van der Waals surface area contributed by atoms with E-state index in [0.29, 0.717) is 5.69 Å². The van der Waals surface area contributed by atoms with Gasteiger partial charge in [0.15, 0.2) is 0 Å². The first-order valence-corrected chi connectivity index (χ1v) is 9.29. The number of ketones is 1. The lowest BCUT2D eigenvalue weighted by Crippen LogP contribution is -2.47. The number of fused-ring (bicyclic) bond motifs is 1. The summed E-state index contributed by atoms with van der Waals surface area (Å²) in [7, 11) is 1.57. The van der Waals surface area contributed by atoms with Crippen LogP contribution in [0.15, 0.2) is 24.4 Å². The van der Waals surface area contributed by atoms with Crippen molar-refractivity contribution in [2.45, 2.75) is 33.2 Å². The number of aromatic nitrogens is 2.